The van der Waals surface area contributed by atoms with Crippen LogP contribution in [0.4, 0.5) is 8.78 Å². The van der Waals surface area contributed by atoms with Crippen molar-refractivity contribution in [2.45, 2.75) is 123 Å². The molecule has 0 aromatic heterocycles. The Balaban J connectivity index is 1.83. The van der Waals surface area contributed by atoms with Crippen LogP contribution < -0.4 is 0 Å². The van der Waals surface area contributed by atoms with Crippen molar-refractivity contribution in [3.05, 3.63) is 0 Å². The quantitative estimate of drug-likeness (QED) is 0.367. The summed E-state index contributed by atoms with van der Waals surface area (Å²) in [5.41, 5.74) is -0.408. The predicted molar refractivity (Wildman–Crippen MR) is 104 cm³/mol. The van der Waals surface area contributed by atoms with Crippen LogP contribution in [0.3, 0.4) is 0 Å². The zero-order valence-electron chi connectivity index (χ0n) is 17.0. The molecule has 2 aliphatic rings. The molecule has 25 heavy (non-hydrogen) atoms. The van der Waals surface area contributed by atoms with Gasteiger partial charge in [0, 0.05) is 5.41 Å². The van der Waals surface area contributed by atoms with Crippen molar-refractivity contribution >= 4 is 0 Å². The first-order chi connectivity index (χ1) is 12.0. The first kappa shape index (κ1) is 21.2. The monoisotopic (exact) mass is 356 g/mol. The molecule has 0 nitrogen and oxygen atoms in total. The molecule has 0 bridgehead atoms. The van der Waals surface area contributed by atoms with Gasteiger partial charge in [0.2, 0.25) is 0 Å². The maximum absolute atomic E-state index is 15.1. The van der Waals surface area contributed by atoms with E-state index in [0.29, 0.717) is 5.92 Å². The highest BCUT2D eigenvalue weighted by Crippen LogP contribution is 2.53. The molecule has 148 valence electrons. The number of hydrogen-bond donors (Lipinski definition) is 0. The summed E-state index contributed by atoms with van der Waals surface area (Å²) < 4.78 is 30.0. The summed E-state index contributed by atoms with van der Waals surface area (Å²) in [6.07, 6.45) is 13.7. The Kier molecular flexibility index (Phi) is 8.69. The van der Waals surface area contributed by atoms with Crippen LogP contribution in [0.2, 0.25) is 0 Å². The van der Waals surface area contributed by atoms with Crippen molar-refractivity contribution < 1.29 is 8.78 Å². The van der Waals surface area contributed by atoms with Gasteiger partial charge in [0.1, 0.15) is 12.3 Å². The van der Waals surface area contributed by atoms with Gasteiger partial charge in [-0.3, -0.25) is 0 Å². The standard InChI is InChI=1S/C23H42F2/c1-4-6-8-10-18-12-14-20(15-13-18)23(3)17-16-19(11-9-7-5-2)21(24)22(23)25/h18-22H,4-17H2,1-3H3. The first-order valence-corrected chi connectivity index (χ1v) is 11.3. The van der Waals surface area contributed by atoms with E-state index in [1.807, 2.05) is 0 Å². The minimum absolute atomic E-state index is 0.0278. The van der Waals surface area contributed by atoms with Crippen LogP contribution in [0.5, 0.6) is 0 Å². The van der Waals surface area contributed by atoms with Gasteiger partial charge in [0.15, 0.2) is 0 Å². The molecular formula is C23H42F2. The highest BCUT2D eigenvalue weighted by atomic mass is 19.2. The molecule has 2 heteroatoms. The van der Waals surface area contributed by atoms with Crippen molar-refractivity contribution in [3.8, 4) is 0 Å². The fourth-order valence-corrected chi connectivity index (χ4v) is 5.58. The third-order valence-electron chi connectivity index (χ3n) is 7.59. The lowest BCUT2D eigenvalue weighted by Crippen LogP contribution is -2.49. The molecule has 0 aromatic carbocycles. The van der Waals surface area contributed by atoms with E-state index in [0.717, 1.165) is 57.3 Å². The summed E-state index contributed by atoms with van der Waals surface area (Å²) in [6.45, 7) is 6.49. The van der Waals surface area contributed by atoms with Crippen LogP contribution in [-0.2, 0) is 0 Å². The fraction of sp³-hybridized carbons (Fsp3) is 1.00. The van der Waals surface area contributed by atoms with Crippen LogP contribution in [0.25, 0.3) is 0 Å². The highest BCUT2D eigenvalue weighted by molar-refractivity contribution is 5.00. The molecule has 4 atom stereocenters. The van der Waals surface area contributed by atoms with Gasteiger partial charge in [-0.15, -0.1) is 0 Å². The first-order valence-electron chi connectivity index (χ1n) is 11.3. The Hall–Kier alpha value is -0.140. The van der Waals surface area contributed by atoms with Gasteiger partial charge in [-0.25, -0.2) is 8.78 Å². The van der Waals surface area contributed by atoms with E-state index in [4.69, 9.17) is 0 Å². The fourth-order valence-electron chi connectivity index (χ4n) is 5.58. The summed E-state index contributed by atoms with van der Waals surface area (Å²) in [7, 11) is 0. The van der Waals surface area contributed by atoms with Gasteiger partial charge >= 0.3 is 0 Å². The number of alkyl halides is 2. The number of unbranched alkanes of at least 4 members (excludes halogenated alkanes) is 4. The van der Waals surface area contributed by atoms with Crippen molar-refractivity contribution in [2.24, 2.45) is 23.2 Å². The summed E-state index contributed by atoms with van der Waals surface area (Å²) in [5.74, 6) is 1.22. The van der Waals surface area contributed by atoms with Crippen LogP contribution in [0.1, 0.15) is 111 Å². The minimum Gasteiger partial charge on any atom is -0.244 e. The molecule has 0 spiro atoms. The average molecular weight is 357 g/mol. The van der Waals surface area contributed by atoms with E-state index >= 15 is 4.39 Å². The molecule has 4 unspecified atom stereocenters. The third kappa shape index (κ3) is 5.42. The maximum atomic E-state index is 15.1. The Bertz CT molecular complexity index is 361. The second kappa shape index (κ2) is 10.3. The number of hydrogen-bond acceptors (Lipinski definition) is 0. The van der Waals surface area contributed by atoms with Gasteiger partial charge in [0.05, 0.1) is 0 Å². The maximum Gasteiger partial charge on any atom is 0.137 e. The van der Waals surface area contributed by atoms with Gasteiger partial charge in [-0.05, 0) is 49.9 Å². The molecule has 2 aliphatic carbocycles. The Morgan fingerprint density at radius 3 is 2.00 bits per heavy atom. The normalized spacial score (nSPS) is 39.5. The van der Waals surface area contributed by atoms with Gasteiger partial charge in [0.25, 0.3) is 0 Å². The molecule has 0 aliphatic heterocycles. The molecule has 0 radical (unpaired) electrons. The Morgan fingerprint density at radius 1 is 0.800 bits per heavy atom. The highest BCUT2D eigenvalue weighted by Gasteiger charge is 2.51. The molecule has 0 N–H and O–H groups in total. The molecule has 2 rings (SSSR count). The van der Waals surface area contributed by atoms with Crippen LogP contribution in [0, 0.1) is 23.2 Å². The van der Waals surface area contributed by atoms with Crippen LogP contribution in [-0.4, -0.2) is 12.3 Å². The molecular weight excluding hydrogens is 314 g/mol. The zero-order valence-corrected chi connectivity index (χ0v) is 17.0. The van der Waals surface area contributed by atoms with E-state index < -0.39 is 17.8 Å². The minimum atomic E-state index is -1.24. The second-order valence-corrected chi connectivity index (χ2v) is 9.36. The third-order valence-corrected chi connectivity index (χ3v) is 7.59. The van der Waals surface area contributed by atoms with Crippen LogP contribution in [0.15, 0.2) is 0 Å². The lowest BCUT2D eigenvalue weighted by Gasteiger charge is -2.49. The second-order valence-electron chi connectivity index (χ2n) is 9.36. The van der Waals surface area contributed by atoms with E-state index in [1.54, 1.807) is 0 Å². The number of rotatable bonds is 9. The Labute approximate surface area is 155 Å². The largest absolute Gasteiger partial charge is 0.244 e. The van der Waals surface area contributed by atoms with E-state index in [2.05, 4.69) is 20.8 Å². The molecule has 0 amide bonds. The van der Waals surface area contributed by atoms with Crippen molar-refractivity contribution in [1.29, 1.82) is 0 Å². The molecule has 0 aromatic rings. The van der Waals surface area contributed by atoms with E-state index in [-0.39, 0.29) is 5.92 Å². The van der Waals surface area contributed by atoms with Crippen molar-refractivity contribution in [3.63, 3.8) is 0 Å². The average Bonchev–Trinajstić information content (AvgIpc) is 2.63. The smallest absolute Gasteiger partial charge is 0.137 e. The van der Waals surface area contributed by atoms with Gasteiger partial charge in [-0.1, -0.05) is 78.6 Å². The van der Waals surface area contributed by atoms with E-state index in [9.17, 15) is 4.39 Å². The SMILES string of the molecule is CCCCCC1CCC(C2(C)CCC(CCCCC)C(F)C2F)CC1. The lowest BCUT2D eigenvalue weighted by molar-refractivity contribution is -0.0766. The van der Waals surface area contributed by atoms with E-state index in [1.165, 1.54) is 38.5 Å². The molecule has 2 fully saturated rings. The van der Waals surface area contributed by atoms with Gasteiger partial charge < -0.3 is 0 Å². The topological polar surface area (TPSA) is 0 Å². The summed E-state index contributed by atoms with van der Waals surface area (Å²) in [6, 6.07) is 0. The predicted octanol–water partition coefficient (Wildman–Crippen LogP) is 8.05. The summed E-state index contributed by atoms with van der Waals surface area (Å²) >= 11 is 0. The number of halogens is 2. The summed E-state index contributed by atoms with van der Waals surface area (Å²) in [5, 5.41) is 0. The van der Waals surface area contributed by atoms with Crippen molar-refractivity contribution in [2.75, 3.05) is 0 Å². The molecule has 0 heterocycles. The lowest BCUT2D eigenvalue weighted by atomic mass is 9.58. The molecule has 0 saturated heterocycles. The Morgan fingerprint density at radius 2 is 1.40 bits per heavy atom. The van der Waals surface area contributed by atoms with Gasteiger partial charge in [-0.2, -0.15) is 0 Å². The van der Waals surface area contributed by atoms with Crippen LogP contribution >= 0.6 is 0 Å². The summed E-state index contributed by atoms with van der Waals surface area (Å²) in [4.78, 5) is 0. The molecule has 2 saturated carbocycles. The zero-order chi connectivity index (χ0) is 18.3. The van der Waals surface area contributed by atoms with Crippen molar-refractivity contribution in [1.82, 2.24) is 0 Å².